The summed E-state index contributed by atoms with van der Waals surface area (Å²) >= 11 is 0. The number of likely N-dealkylation sites (tertiary alicyclic amines) is 1. The zero-order valence-corrected chi connectivity index (χ0v) is 11.9. The monoisotopic (exact) mass is 266 g/mol. The number of ether oxygens (including phenoxy) is 1. The van der Waals surface area contributed by atoms with Crippen LogP contribution in [0.1, 0.15) is 19.8 Å². The number of hydrogen-bond acceptors (Lipinski definition) is 3. The molecule has 0 aromatic heterocycles. The standard InChI is InChI=1S/C15H23FN2O/c1-11(12-6-8-18(2)9-7-12)17-13-4-5-15(19-3)14(16)10-13/h4-5,10-12,17H,6-9H2,1-3H3. The van der Waals surface area contributed by atoms with Crippen molar-refractivity contribution in [2.75, 3.05) is 32.6 Å². The minimum atomic E-state index is -0.317. The Bertz CT molecular complexity index is 417. The number of halogens is 1. The fourth-order valence-electron chi connectivity index (χ4n) is 2.67. The smallest absolute Gasteiger partial charge is 0.167 e. The van der Waals surface area contributed by atoms with Crippen molar-refractivity contribution in [1.29, 1.82) is 0 Å². The van der Waals surface area contributed by atoms with E-state index in [1.807, 2.05) is 6.07 Å². The fourth-order valence-corrected chi connectivity index (χ4v) is 2.67. The Kier molecular flexibility index (Phi) is 4.64. The third-order valence-electron chi connectivity index (χ3n) is 4.02. The van der Waals surface area contributed by atoms with Gasteiger partial charge in [-0.05, 0) is 58.0 Å². The van der Waals surface area contributed by atoms with Crippen LogP contribution in [-0.2, 0) is 0 Å². The predicted octanol–water partition coefficient (Wildman–Crippen LogP) is 2.98. The predicted molar refractivity (Wildman–Crippen MR) is 76.3 cm³/mol. The first-order valence-electron chi connectivity index (χ1n) is 6.88. The van der Waals surface area contributed by atoms with Gasteiger partial charge in [-0.15, -0.1) is 0 Å². The molecule has 106 valence electrons. The van der Waals surface area contributed by atoms with Crippen LogP contribution in [0.2, 0.25) is 0 Å². The second-order valence-electron chi connectivity index (χ2n) is 5.42. The Morgan fingerprint density at radius 3 is 2.63 bits per heavy atom. The van der Waals surface area contributed by atoms with Crippen LogP contribution in [0.15, 0.2) is 18.2 Å². The number of rotatable bonds is 4. The molecule has 1 aliphatic rings. The lowest BCUT2D eigenvalue weighted by Crippen LogP contribution is -2.37. The van der Waals surface area contributed by atoms with Gasteiger partial charge in [-0.1, -0.05) is 0 Å². The van der Waals surface area contributed by atoms with Gasteiger partial charge in [0.1, 0.15) is 0 Å². The van der Waals surface area contributed by atoms with E-state index in [0.717, 1.165) is 18.8 Å². The van der Waals surface area contributed by atoms with E-state index in [1.54, 1.807) is 6.07 Å². The van der Waals surface area contributed by atoms with Gasteiger partial charge >= 0.3 is 0 Å². The number of nitrogens with zero attached hydrogens (tertiary/aromatic N) is 1. The number of anilines is 1. The molecular weight excluding hydrogens is 243 g/mol. The maximum Gasteiger partial charge on any atom is 0.167 e. The van der Waals surface area contributed by atoms with Crippen molar-refractivity contribution in [1.82, 2.24) is 4.90 Å². The van der Waals surface area contributed by atoms with Crippen molar-refractivity contribution in [2.24, 2.45) is 5.92 Å². The molecule has 0 aliphatic carbocycles. The van der Waals surface area contributed by atoms with Gasteiger partial charge in [-0.3, -0.25) is 0 Å². The zero-order chi connectivity index (χ0) is 13.8. The molecule has 1 aliphatic heterocycles. The van der Waals surface area contributed by atoms with Gasteiger partial charge in [-0.2, -0.15) is 0 Å². The van der Waals surface area contributed by atoms with Crippen LogP contribution >= 0.6 is 0 Å². The molecule has 4 heteroatoms. The molecule has 19 heavy (non-hydrogen) atoms. The highest BCUT2D eigenvalue weighted by Crippen LogP contribution is 2.25. The molecule has 0 radical (unpaired) electrons. The second-order valence-corrected chi connectivity index (χ2v) is 5.42. The van der Waals surface area contributed by atoms with Gasteiger partial charge in [0.2, 0.25) is 0 Å². The van der Waals surface area contributed by atoms with Gasteiger partial charge in [0, 0.05) is 17.8 Å². The molecule has 0 amide bonds. The van der Waals surface area contributed by atoms with Crippen LogP contribution in [-0.4, -0.2) is 38.2 Å². The molecule has 1 aromatic rings. The average Bonchev–Trinajstić information content (AvgIpc) is 2.39. The zero-order valence-electron chi connectivity index (χ0n) is 11.9. The highest BCUT2D eigenvalue weighted by molar-refractivity contribution is 5.48. The molecule has 1 atom stereocenters. The first-order valence-corrected chi connectivity index (χ1v) is 6.88. The molecule has 0 spiro atoms. The summed E-state index contributed by atoms with van der Waals surface area (Å²) in [5.41, 5.74) is 0.824. The van der Waals surface area contributed by atoms with E-state index in [2.05, 4.69) is 24.2 Å². The van der Waals surface area contributed by atoms with E-state index in [4.69, 9.17) is 4.74 Å². The van der Waals surface area contributed by atoms with Crippen LogP contribution in [0.3, 0.4) is 0 Å². The minimum absolute atomic E-state index is 0.289. The van der Waals surface area contributed by atoms with Crippen LogP contribution in [0, 0.1) is 11.7 Å². The topological polar surface area (TPSA) is 24.5 Å². The summed E-state index contributed by atoms with van der Waals surface area (Å²) in [5, 5.41) is 3.40. The second kappa shape index (κ2) is 6.24. The van der Waals surface area contributed by atoms with Gasteiger partial charge in [-0.25, -0.2) is 4.39 Å². The van der Waals surface area contributed by atoms with Gasteiger partial charge in [0.05, 0.1) is 7.11 Å². The lowest BCUT2D eigenvalue weighted by Gasteiger charge is -2.33. The van der Waals surface area contributed by atoms with Crippen LogP contribution in [0.4, 0.5) is 10.1 Å². The van der Waals surface area contributed by atoms with E-state index >= 15 is 0 Å². The summed E-state index contributed by atoms with van der Waals surface area (Å²) in [6.45, 7) is 4.47. The van der Waals surface area contributed by atoms with E-state index in [1.165, 1.54) is 26.0 Å². The third kappa shape index (κ3) is 3.60. The Morgan fingerprint density at radius 2 is 2.05 bits per heavy atom. The van der Waals surface area contributed by atoms with Gasteiger partial charge in [0.15, 0.2) is 11.6 Å². The van der Waals surface area contributed by atoms with Crippen LogP contribution in [0.25, 0.3) is 0 Å². The van der Waals surface area contributed by atoms with Crippen LogP contribution < -0.4 is 10.1 Å². The number of hydrogen-bond donors (Lipinski definition) is 1. The Balaban J connectivity index is 1.95. The minimum Gasteiger partial charge on any atom is -0.494 e. The number of methoxy groups -OCH3 is 1. The van der Waals surface area contributed by atoms with Crippen LogP contribution in [0.5, 0.6) is 5.75 Å². The summed E-state index contributed by atoms with van der Waals surface area (Å²) < 4.78 is 18.5. The van der Waals surface area contributed by atoms with E-state index in [0.29, 0.717) is 12.0 Å². The molecule has 0 saturated carbocycles. The van der Waals surface area contributed by atoms with Crippen molar-refractivity contribution in [3.8, 4) is 5.75 Å². The highest BCUT2D eigenvalue weighted by Gasteiger charge is 2.22. The Labute approximate surface area is 114 Å². The molecule has 1 saturated heterocycles. The molecular formula is C15H23FN2O. The maximum atomic E-state index is 13.6. The average molecular weight is 266 g/mol. The van der Waals surface area contributed by atoms with Crippen molar-refractivity contribution in [3.63, 3.8) is 0 Å². The number of nitrogens with one attached hydrogen (secondary N) is 1. The van der Waals surface area contributed by atoms with Crippen molar-refractivity contribution in [2.45, 2.75) is 25.8 Å². The third-order valence-corrected chi connectivity index (χ3v) is 4.02. The molecule has 2 rings (SSSR count). The highest BCUT2D eigenvalue weighted by atomic mass is 19.1. The Hall–Kier alpha value is -1.29. The Morgan fingerprint density at radius 1 is 1.37 bits per heavy atom. The maximum absolute atomic E-state index is 13.6. The van der Waals surface area contributed by atoms with E-state index in [-0.39, 0.29) is 11.6 Å². The normalized spacial score (nSPS) is 19.2. The summed E-state index contributed by atoms with van der Waals surface area (Å²) in [6, 6.07) is 5.40. The first kappa shape index (κ1) is 14.1. The molecule has 3 nitrogen and oxygen atoms in total. The molecule has 0 bridgehead atoms. The summed E-state index contributed by atoms with van der Waals surface area (Å²) in [6.07, 6.45) is 2.40. The lowest BCUT2D eigenvalue weighted by atomic mass is 9.90. The molecule has 1 N–H and O–H groups in total. The molecule has 1 unspecified atom stereocenters. The van der Waals surface area contributed by atoms with Gasteiger partial charge < -0.3 is 15.0 Å². The van der Waals surface area contributed by atoms with E-state index < -0.39 is 0 Å². The summed E-state index contributed by atoms with van der Waals surface area (Å²) in [5.74, 6) is 0.627. The SMILES string of the molecule is COc1ccc(NC(C)C2CCN(C)CC2)cc1F. The molecule has 1 aromatic carbocycles. The quantitative estimate of drug-likeness (QED) is 0.906. The van der Waals surface area contributed by atoms with E-state index in [9.17, 15) is 4.39 Å². The largest absolute Gasteiger partial charge is 0.494 e. The fraction of sp³-hybridized carbons (Fsp3) is 0.600. The summed E-state index contributed by atoms with van der Waals surface area (Å²) in [4.78, 5) is 2.36. The molecule has 1 fully saturated rings. The first-order chi connectivity index (χ1) is 9.10. The number of piperidine rings is 1. The number of benzene rings is 1. The van der Waals surface area contributed by atoms with Crippen molar-refractivity contribution < 1.29 is 9.13 Å². The van der Waals surface area contributed by atoms with Crippen molar-refractivity contribution in [3.05, 3.63) is 24.0 Å². The lowest BCUT2D eigenvalue weighted by molar-refractivity contribution is 0.208. The molecule has 1 heterocycles. The van der Waals surface area contributed by atoms with Crippen molar-refractivity contribution >= 4 is 5.69 Å². The van der Waals surface area contributed by atoms with Gasteiger partial charge in [0.25, 0.3) is 0 Å². The summed E-state index contributed by atoms with van der Waals surface area (Å²) in [7, 11) is 3.64.